The van der Waals surface area contributed by atoms with E-state index in [2.05, 4.69) is 5.32 Å². The van der Waals surface area contributed by atoms with Crippen LogP contribution in [0.1, 0.15) is 18.4 Å². The van der Waals surface area contributed by atoms with E-state index < -0.39 is 6.04 Å². The molecule has 118 valence electrons. The average molecular weight is 329 g/mol. The molecule has 4 nitrogen and oxygen atoms in total. The van der Waals surface area contributed by atoms with Crippen molar-refractivity contribution in [3.05, 3.63) is 59.1 Å². The molecule has 1 heterocycles. The first-order valence-corrected chi connectivity index (χ1v) is 7.89. The second kappa shape index (κ2) is 6.42. The van der Waals surface area contributed by atoms with Crippen LogP contribution in [0.15, 0.2) is 48.5 Å². The van der Waals surface area contributed by atoms with Crippen molar-refractivity contribution in [2.24, 2.45) is 0 Å². The molecule has 2 aromatic rings. The van der Waals surface area contributed by atoms with Crippen LogP contribution in [0.5, 0.6) is 0 Å². The Bertz CT molecular complexity index is 746. The Hall–Kier alpha value is -2.33. The van der Waals surface area contributed by atoms with Crippen molar-refractivity contribution < 1.29 is 9.59 Å². The number of amides is 2. The standard InChI is InChI=1S/C18H17ClN2O2/c1-12-14(19)8-5-9-15(12)20-18(23)16-10-11-17(22)21(16)13-6-3-2-4-7-13/h2-9,16H,10-11H2,1H3,(H,20,23). The maximum absolute atomic E-state index is 12.7. The molecule has 1 N–H and O–H groups in total. The normalized spacial score (nSPS) is 17.4. The van der Waals surface area contributed by atoms with Crippen molar-refractivity contribution in [2.45, 2.75) is 25.8 Å². The zero-order valence-electron chi connectivity index (χ0n) is 12.8. The van der Waals surface area contributed by atoms with Gasteiger partial charge >= 0.3 is 0 Å². The molecule has 23 heavy (non-hydrogen) atoms. The third kappa shape index (κ3) is 3.08. The van der Waals surface area contributed by atoms with E-state index in [0.717, 1.165) is 11.3 Å². The summed E-state index contributed by atoms with van der Waals surface area (Å²) >= 11 is 6.09. The molecule has 3 rings (SSSR count). The molecule has 1 atom stereocenters. The molecule has 0 saturated carbocycles. The molecule has 1 unspecified atom stereocenters. The molecule has 0 aliphatic carbocycles. The number of hydrogen-bond donors (Lipinski definition) is 1. The zero-order chi connectivity index (χ0) is 16.4. The van der Waals surface area contributed by atoms with Gasteiger partial charge in [0.1, 0.15) is 6.04 Å². The quantitative estimate of drug-likeness (QED) is 0.932. The molecule has 1 fully saturated rings. The van der Waals surface area contributed by atoms with Crippen LogP contribution in [-0.4, -0.2) is 17.9 Å². The fraction of sp³-hybridized carbons (Fsp3) is 0.222. The smallest absolute Gasteiger partial charge is 0.247 e. The molecule has 0 spiro atoms. The van der Waals surface area contributed by atoms with Crippen molar-refractivity contribution in [1.82, 2.24) is 0 Å². The number of carbonyl (C=O) groups is 2. The van der Waals surface area contributed by atoms with Crippen LogP contribution in [0.2, 0.25) is 5.02 Å². The van der Waals surface area contributed by atoms with Gasteiger partial charge in [-0.3, -0.25) is 14.5 Å². The van der Waals surface area contributed by atoms with E-state index in [0.29, 0.717) is 23.6 Å². The summed E-state index contributed by atoms with van der Waals surface area (Å²) < 4.78 is 0. The fourth-order valence-electron chi connectivity index (χ4n) is 2.80. The first kappa shape index (κ1) is 15.6. The Morgan fingerprint density at radius 3 is 2.65 bits per heavy atom. The van der Waals surface area contributed by atoms with Crippen LogP contribution in [0.4, 0.5) is 11.4 Å². The number of rotatable bonds is 3. The van der Waals surface area contributed by atoms with Crippen LogP contribution >= 0.6 is 11.6 Å². The number of benzene rings is 2. The second-order valence-electron chi connectivity index (χ2n) is 5.56. The summed E-state index contributed by atoms with van der Waals surface area (Å²) in [5.41, 5.74) is 2.24. The van der Waals surface area contributed by atoms with Crippen LogP contribution in [0.25, 0.3) is 0 Å². The molecule has 5 heteroatoms. The van der Waals surface area contributed by atoms with Gasteiger partial charge in [0.25, 0.3) is 0 Å². The number of nitrogens with one attached hydrogen (secondary N) is 1. The first-order valence-electron chi connectivity index (χ1n) is 7.51. The maximum Gasteiger partial charge on any atom is 0.247 e. The highest BCUT2D eigenvalue weighted by Gasteiger charge is 2.37. The van der Waals surface area contributed by atoms with Crippen molar-refractivity contribution >= 4 is 34.8 Å². The predicted molar refractivity (Wildman–Crippen MR) is 91.8 cm³/mol. The Kier molecular flexibility index (Phi) is 4.35. The lowest BCUT2D eigenvalue weighted by Crippen LogP contribution is -2.41. The first-order chi connectivity index (χ1) is 11.1. The Balaban J connectivity index is 1.84. The van der Waals surface area contributed by atoms with Gasteiger partial charge < -0.3 is 5.32 Å². The number of carbonyl (C=O) groups excluding carboxylic acids is 2. The lowest BCUT2D eigenvalue weighted by Gasteiger charge is -2.24. The maximum atomic E-state index is 12.7. The van der Waals surface area contributed by atoms with Gasteiger partial charge in [-0.2, -0.15) is 0 Å². The van der Waals surface area contributed by atoms with Crippen molar-refractivity contribution in [3.8, 4) is 0 Å². The molecular weight excluding hydrogens is 312 g/mol. The molecule has 0 bridgehead atoms. The van der Waals surface area contributed by atoms with Gasteiger partial charge in [0.05, 0.1) is 0 Å². The average Bonchev–Trinajstić information content (AvgIpc) is 2.94. The van der Waals surface area contributed by atoms with Gasteiger partial charge in [-0.25, -0.2) is 0 Å². The monoisotopic (exact) mass is 328 g/mol. The molecular formula is C18H17ClN2O2. The number of nitrogens with zero attached hydrogens (tertiary/aromatic N) is 1. The topological polar surface area (TPSA) is 49.4 Å². The van der Waals surface area contributed by atoms with E-state index >= 15 is 0 Å². The van der Waals surface area contributed by atoms with Crippen molar-refractivity contribution in [3.63, 3.8) is 0 Å². The van der Waals surface area contributed by atoms with E-state index in [1.54, 1.807) is 17.0 Å². The SMILES string of the molecule is Cc1c(Cl)cccc1NC(=O)C1CCC(=O)N1c1ccccc1. The highest BCUT2D eigenvalue weighted by molar-refractivity contribution is 6.31. The van der Waals surface area contributed by atoms with Gasteiger partial charge in [-0.1, -0.05) is 35.9 Å². The minimum Gasteiger partial charge on any atom is -0.324 e. The number of para-hydroxylation sites is 1. The van der Waals surface area contributed by atoms with Gasteiger partial charge in [0.15, 0.2) is 0 Å². The van der Waals surface area contributed by atoms with E-state index in [-0.39, 0.29) is 11.8 Å². The van der Waals surface area contributed by atoms with Gasteiger partial charge in [-0.05, 0) is 43.2 Å². The second-order valence-corrected chi connectivity index (χ2v) is 5.96. The minimum atomic E-state index is -0.497. The molecule has 2 amide bonds. The number of halogens is 1. The Labute approximate surface area is 140 Å². The van der Waals surface area contributed by atoms with Crippen LogP contribution < -0.4 is 10.2 Å². The Morgan fingerprint density at radius 2 is 1.91 bits per heavy atom. The number of anilines is 2. The van der Waals surface area contributed by atoms with E-state index in [1.165, 1.54) is 0 Å². The number of hydrogen-bond acceptors (Lipinski definition) is 2. The van der Waals surface area contributed by atoms with E-state index in [4.69, 9.17) is 11.6 Å². The lowest BCUT2D eigenvalue weighted by atomic mass is 10.1. The molecule has 1 aliphatic rings. The Morgan fingerprint density at radius 1 is 1.17 bits per heavy atom. The highest BCUT2D eigenvalue weighted by Crippen LogP contribution is 2.28. The van der Waals surface area contributed by atoms with Crippen molar-refractivity contribution in [1.29, 1.82) is 0 Å². The largest absolute Gasteiger partial charge is 0.324 e. The van der Waals surface area contributed by atoms with Gasteiger partial charge in [0.2, 0.25) is 11.8 Å². The zero-order valence-corrected chi connectivity index (χ0v) is 13.5. The summed E-state index contributed by atoms with van der Waals surface area (Å²) in [5.74, 6) is -0.218. The van der Waals surface area contributed by atoms with Crippen molar-refractivity contribution in [2.75, 3.05) is 10.2 Å². The molecule has 0 radical (unpaired) electrons. The summed E-state index contributed by atoms with van der Waals surface area (Å²) in [6, 6.07) is 14.2. The molecule has 0 aromatic heterocycles. The third-order valence-corrected chi connectivity index (χ3v) is 4.48. The summed E-state index contributed by atoms with van der Waals surface area (Å²) in [4.78, 5) is 26.4. The lowest BCUT2D eigenvalue weighted by molar-refractivity contribution is -0.120. The predicted octanol–water partition coefficient (Wildman–Crippen LogP) is 3.78. The molecule has 2 aromatic carbocycles. The van der Waals surface area contributed by atoms with Crippen LogP contribution in [-0.2, 0) is 9.59 Å². The van der Waals surface area contributed by atoms with Crippen LogP contribution in [0.3, 0.4) is 0 Å². The third-order valence-electron chi connectivity index (χ3n) is 4.07. The summed E-state index contributed by atoms with van der Waals surface area (Å²) in [6.07, 6.45) is 0.890. The minimum absolute atomic E-state index is 0.0285. The molecule has 1 aliphatic heterocycles. The molecule has 1 saturated heterocycles. The summed E-state index contributed by atoms with van der Waals surface area (Å²) in [6.45, 7) is 1.85. The van der Waals surface area contributed by atoms with Gasteiger partial charge in [0, 0.05) is 22.8 Å². The highest BCUT2D eigenvalue weighted by atomic mass is 35.5. The van der Waals surface area contributed by atoms with E-state index in [1.807, 2.05) is 43.3 Å². The van der Waals surface area contributed by atoms with Gasteiger partial charge in [-0.15, -0.1) is 0 Å². The van der Waals surface area contributed by atoms with Crippen LogP contribution in [0, 0.1) is 6.92 Å². The summed E-state index contributed by atoms with van der Waals surface area (Å²) in [5, 5.41) is 3.50. The van der Waals surface area contributed by atoms with E-state index in [9.17, 15) is 9.59 Å². The summed E-state index contributed by atoms with van der Waals surface area (Å²) in [7, 11) is 0. The fourth-order valence-corrected chi connectivity index (χ4v) is 2.98.